The molecule has 0 aliphatic carbocycles. The van der Waals surface area contributed by atoms with Crippen LogP contribution in [0.25, 0.3) is 0 Å². The molecule has 120 valence electrons. The van der Waals surface area contributed by atoms with E-state index in [1.807, 2.05) is 31.2 Å². The molecule has 2 aromatic carbocycles. The standard InChI is InChI=1S/C19H16FN3O/c1-13-7-9-15(10-8-13)23-19(24)17-6-3-11-21-18(17)22-16-5-2-4-14(20)12-16/h2-12H,1H3,(H,21,22)(H,23,24). The summed E-state index contributed by atoms with van der Waals surface area (Å²) in [6.07, 6.45) is 1.57. The predicted octanol–water partition coefficient (Wildman–Crippen LogP) is 4.53. The maximum Gasteiger partial charge on any atom is 0.259 e. The number of carbonyl (C=O) groups is 1. The molecule has 0 bridgehead atoms. The Bertz CT molecular complexity index is 862. The zero-order valence-electron chi connectivity index (χ0n) is 13.1. The van der Waals surface area contributed by atoms with Crippen molar-refractivity contribution in [1.82, 2.24) is 4.98 Å². The highest BCUT2D eigenvalue weighted by Crippen LogP contribution is 2.20. The summed E-state index contributed by atoms with van der Waals surface area (Å²) in [5.41, 5.74) is 2.72. The normalized spacial score (nSPS) is 10.2. The van der Waals surface area contributed by atoms with Crippen molar-refractivity contribution in [2.75, 3.05) is 10.6 Å². The number of amides is 1. The van der Waals surface area contributed by atoms with E-state index in [-0.39, 0.29) is 11.7 Å². The Morgan fingerprint density at radius 3 is 2.54 bits per heavy atom. The fourth-order valence-corrected chi connectivity index (χ4v) is 2.23. The molecular formula is C19H16FN3O. The SMILES string of the molecule is Cc1ccc(NC(=O)c2cccnc2Nc2cccc(F)c2)cc1. The topological polar surface area (TPSA) is 54.0 Å². The molecule has 0 saturated carbocycles. The highest BCUT2D eigenvalue weighted by molar-refractivity contribution is 6.07. The molecule has 3 aromatic rings. The van der Waals surface area contributed by atoms with E-state index in [0.29, 0.717) is 22.8 Å². The summed E-state index contributed by atoms with van der Waals surface area (Å²) in [5, 5.41) is 5.81. The van der Waals surface area contributed by atoms with Gasteiger partial charge in [-0.15, -0.1) is 0 Å². The first-order valence-electron chi connectivity index (χ1n) is 7.47. The average molecular weight is 321 g/mol. The number of hydrogen-bond acceptors (Lipinski definition) is 3. The number of anilines is 3. The van der Waals surface area contributed by atoms with Gasteiger partial charge in [0, 0.05) is 17.6 Å². The Balaban J connectivity index is 1.83. The van der Waals surface area contributed by atoms with E-state index in [2.05, 4.69) is 15.6 Å². The molecule has 2 N–H and O–H groups in total. The molecule has 0 radical (unpaired) electrons. The van der Waals surface area contributed by atoms with Crippen LogP contribution in [-0.2, 0) is 0 Å². The fourth-order valence-electron chi connectivity index (χ4n) is 2.23. The molecule has 24 heavy (non-hydrogen) atoms. The first-order valence-corrected chi connectivity index (χ1v) is 7.47. The highest BCUT2D eigenvalue weighted by atomic mass is 19.1. The minimum absolute atomic E-state index is 0.286. The number of benzene rings is 2. The van der Waals surface area contributed by atoms with Crippen molar-refractivity contribution >= 4 is 23.1 Å². The van der Waals surface area contributed by atoms with E-state index in [4.69, 9.17) is 0 Å². The van der Waals surface area contributed by atoms with Crippen molar-refractivity contribution in [3.05, 3.63) is 83.8 Å². The lowest BCUT2D eigenvalue weighted by molar-refractivity contribution is 0.102. The van der Waals surface area contributed by atoms with Crippen LogP contribution in [0.1, 0.15) is 15.9 Å². The van der Waals surface area contributed by atoms with Gasteiger partial charge in [0.2, 0.25) is 0 Å². The number of hydrogen-bond donors (Lipinski definition) is 2. The van der Waals surface area contributed by atoms with Gasteiger partial charge in [0.05, 0.1) is 5.56 Å². The second-order valence-corrected chi connectivity index (χ2v) is 5.36. The summed E-state index contributed by atoms with van der Waals surface area (Å²) in [6.45, 7) is 1.98. The molecule has 5 heteroatoms. The number of pyridine rings is 1. The van der Waals surface area contributed by atoms with Gasteiger partial charge in [-0.05, 0) is 49.4 Å². The average Bonchev–Trinajstić information content (AvgIpc) is 2.57. The van der Waals surface area contributed by atoms with Gasteiger partial charge < -0.3 is 10.6 Å². The molecule has 1 heterocycles. The number of aromatic nitrogens is 1. The number of halogens is 1. The van der Waals surface area contributed by atoms with Gasteiger partial charge in [-0.25, -0.2) is 9.37 Å². The Morgan fingerprint density at radius 1 is 1.00 bits per heavy atom. The second-order valence-electron chi connectivity index (χ2n) is 5.36. The smallest absolute Gasteiger partial charge is 0.259 e. The summed E-state index contributed by atoms with van der Waals surface area (Å²) in [7, 11) is 0. The summed E-state index contributed by atoms with van der Waals surface area (Å²) in [4.78, 5) is 16.7. The zero-order valence-corrected chi connectivity index (χ0v) is 13.1. The highest BCUT2D eigenvalue weighted by Gasteiger charge is 2.13. The van der Waals surface area contributed by atoms with E-state index in [1.165, 1.54) is 12.1 Å². The van der Waals surface area contributed by atoms with Gasteiger partial charge in [0.25, 0.3) is 5.91 Å². The van der Waals surface area contributed by atoms with Crippen LogP contribution < -0.4 is 10.6 Å². The van der Waals surface area contributed by atoms with Gasteiger partial charge in [-0.1, -0.05) is 23.8 Å². The van der Waals surface area contributed by atoms with E-state index in [1.54, 1.807) is 30.5 Å². The fraction of sp³-hybridized carbons (Fsp3) is 0.0526. The Morgan fingerprint density at radius 2 is 1.79 bits per heavy atom. The van der Waals surface area contributed by atoms with Crippen LogP contribution in [0.4, 0.5) is 21.6 Å². The molecule has 0 unspecified atom stereocenters. The molecule has 0 aliphatic heterocycles. The maximum atomic E-state index is 13.3. The quantitative estimate of drug-likeness (QED) is 0.742. The van der Waals surface area contributed by atoms with Crippen molar-refractivity contribution in [2.45, 2.75) is 6.92 Å². The predicted molar refractivity (Wildman–Crippen MR) is 93.1 cm³/mol. The van der Waals surface area contributed by atoms with Crippen molar-refractivity contribution in [3.8, 4) is 0 Å². The molecule has 1 aromatic heterocycles. The third-order valence-corrected chi connectivity index (χ3v) is 3.45. The molecule has 1 amide bonds. The van der Waals surface area contributed by atoms with Gasteiger partial charge in [0.15, 0.2) is 0 Å². The number of nitrogens with one attached hydrogen (secondary N) is 2. The summed E-state index contributed by atoms with van der Waals surface area (Å²) in [6, 6.07) is 16.9. The van der Waals surface area contributed by atoms with E-state index >= 15 is 0 Å². The minimum atomic E-state index is -0.360. The van der Waals surface area contributed by atoms with Gasteiger partial charge in [-0.3, -0.25) is 4.79 Å². The van der Waals surface area contributed by atoms with Gasteiger partial charge in [-0.2, -0.15) is 0 Å². The first-order chi connectivity index (χ1) is 11.6. The van der Waals surface area contributed by atoms with Crippen LogP contribution in [0.2, 0.25) is 0 Å². The van der Waals surface area contributed by atoms with Gasteiger partial charge >= 0.3 is 0 Å². The number of aryl methyl sites for hydroxylation is 1. The lowest BCUT2D eigenvalue weighted by Crippen LogP contribution is -2.14. The lowest BCUT2D eigenvalue weighted by atomic mass is 10.2. The second kappa shape index (κ2) is 6.91. The molecule has 0 aliphatic rings. The third-order valence-electron chi connectivity index (χ3n) is 3.45. The van der Waals surface area contributed by atoms with Crippen molar-refractivity contribution in [2.24, 2.45) is 0 Å². The lowest BCUT2D eigenvalue weighted by Gasteiger charge is -2.11. The number of rotatable bonds is 4. The Kier molecular flexibility index (Phi) is 4.52. The molecule has 4 nitrogen and oxygen atoms in total. The minimum Gasteiger partial charge on any atom is -0.339 e. The van der Waals surface area contributed by atoms with Crippen molar-refractivity contribution in [1.29, 1.82) is 0 Å². The van der Waals surface area contributed by atoms with Crippen LogP contribution in [0.3, 0.4) is 0 Å². The van der Waals surface area contributed by atoms with Crippen LogP contribution in [0, 0.1) is 12.7 Å². The van der Waals surface area contributed by atoms with Crippen molar-refractivity contribution < 1.29 is 9.18 Å². The van der Waals surface area contributed by atoms with Crippen molar-refractivity contribution in [3.63, 3.8) is 0 Å². The zero-order chi connectivity index (χ0) is 16.9. The Labute approximate surface area is 139 Å². The van der Waals surface area contributed by atoms with E-state index in [9.17, 15) is 9.18 Å². The molecule has 0 fully saturated rings. The van der Waals surface area contributed by atoms with Crippen LogP contribution >= 0.6 is 0 Å². The summed E-state index contributed by atoms with van der Waals surface area (Å²) in [5.74, 6) is -0.278. The third kappa shape index (κ3) is 3.76. The summed E-state index contributed by atoms with van der Waals surface area (Å²) < 4.78 is 13.3. The Hall–Kier alpha value is -3.21. The summed E-state index contributed by atoms with van der Waals surface area (Å²) >= 11 is 0. The number of carbonyl (C=O) groups excluding carboxylic acids is 1. The molecule has 0 spiro atoms. The molecule has 0 saturated heterocycles. The first kappa shape index (κ1) is 15.7. The molecular weight excluding hydrogens is 305 g/mol. The van der Waals surface area contributed by atoms with Crippen LogP contribution in [0.5, 0.6) is 0 Å². The largest absolute Gasteiger partial charge is 0.339 e. The van der Waals surface area contributed by atoms with Crippen LogP contribution in [0.15, 0.2) is 66.9 Å². The van der Waals surface area contributed by atoms with Gasteiger partial charge in [0.1, 0.15) is 11.6 Å². The monoisotopic (exact) mass is 321 g/mol. The van der Waals surface area contributed by atoms with E-state index in [0.717, 1.165) is 5.56 Å². The molecule has 0 atom stereocenters. The number of nitrogens with zero attached hydrogens (tertiary/aromatic N) is 1. The van der Waals surface area contributed by atoms with E-state index < -0.39 is 0 Å². The van der Waals surface area contributed by atoms with Crippen LogP contribution in [-0.4, -0.2) is 10.9 Å². The molecule has 3 rings (SSSR count). The maximum absolute atomic E-state index is 13.3.